The highest BCUT2D eigenvalue weighted by Gasteiger charge is 2.30. The van der Waals surface area contributed by atoms with E-state index < -0.39 is 18.3 Å². The molecule has 0 fully saturated rings. The molecule has 8 heteroatoms. The van der Waals surface area contributed by atoms with Crippen molar-refractivity contribution in [2.45, 2.75) is 52.4 Å². The highest BCUT2D eigenvalue weighted by Crippen LogP contribution is 2.22. The van der Waals surface area contributed by atoms with Gasteiger partial charge in [0.2, 0.25) is 0 Å². The second kappa shape index (κ2) is 7.15. The molecule has 0 bridgehead atoms. The number of nitrogens with zero attached hydrogens (tertiary/aromatic N) is 2. The molecule has 0 aliphatic rings. The topological polar surface area (TPSA) is 46.9 Å². The van der Waals surface area contributed by atoms with E-state index in [0.29, 0.717) is 10.6 Å². The van der Waals surface area contributed by atoms with Gasteiger partial charge in [-0.15, -0.1) is 0 Å². The van der Waals surface area contributed by atoms with Gasteiger partial charge in [0, 0.05) is 6.04 Å². The number of alkyl halides is 3. The second-order valence-electron chi connectivity index (χ2n) is 4.96. The smallest absolute Gasteiger partial charge is 0.380 e. The second-order valence-corrected chi connectivity index (χ2v) is 5.34. The van der Waals surface area contributed by atoms with Crippen LogP contribution in [-0.4, -0.2) is 22.0 Å². The van der Waals surface area contributed by atoms with Gasteiger partial charge >= 0.3 is 6.18 Å². The van der Waals surface area contributed by atoms with Crippen molar-refractivity contribution >= 4 is 17.3 Å². The van der Waals surface area contributed by atoms with Gasteiger partial charge in [0.25, 0.3) is 5.56 Å². The molecule has 21 heavy (non-hydrogen) atoms. The van der Waals surface area contributed by atoms with Crippen molar-refractivity contribution in [1.29, 1.82) is 0 Å². The molecule has 1 aromatic rings. The van der Waals surface area contributed by atoms with Crippen LogP contribution in [0.1, 0.15) is 33.6 Å². The number of rotatable bonds is 6. The summed E-state index contributed by atoms with van der Waals surface area (Å²) in [6.45, 7) is 4.59. The maximum absolute atomic E-state index is 12.3. The van der Waals surface area contributed by atoms with E-state index in [1.807, 2.05) is 20.8 Å². The molecule has 0 radical (unpaired) electrons. The fraction of sp³-hybridized carbons (Fsp3) is 0.692. The van der Waals surface area contributed by atoms with Crippen LogP contribution in [-0.2, 0) is 6.54 Å². The minimum absolute atomic E-state index is 0.0390. The monoisotopic (exact) mass is 325 g/mol. The molecule has 0 saturated carbocycles. The van der Waals surface area contributed by atoms with Crippen LogP contribution in [0.25, 0.3) is 0 Å². The number of anilines is 1. The summed E-state index contributed by atoms with van der Waals surface area (Å²) in [6.07, 6.45) is -1.46. The van der Waals surface area contributed by atoms with E-state index in [1.165, 1.54) is 0 Å². The highest BCUT2D eigenvalue weighted by atomic mass is 35.5. The first-order chi connectivity index (χ1) is 9.69. The van der Waals surface area contributed by atoms with Crippen molar-refractivity contribution in [2.75, 3.05) is 5.32 Å². The average molecular weight is 326 g/mol. The number of hydrogen-bond acceptors (Lipinski definition) is 3. The molecule has 1 atom stereocenters. The highest BCUT2D eigenvalue weighted by molar-refractivity contribution is 6.32. The van der Waals surface area contributed by atoms with Crippen LogP contribution in [0.2, 0.25) is 5.02 Å². The van der Waals surface area contributed by atoms with E-state index in [4.69, 9.17) is 11.6 Å². The van der Waals surface area contributed by atoms with Crippen LogP contribution in [0.3, 0.4) is 0 Å². The van der Waals surface area contributed by atoms with Crippen LogP contribution in [0.4, 0.5) is 18.9 Å². The van der Waals surface area contributed by atoms with Crippen LogP contribution >= 0.6 is 11.6 Å². The van der Waals surface area contributed by atoms with Gasteiger partial charge < -0.3 is 5.32 Å². The molecule has 1 rings (SSSR count). The fourth-order valence-corrected chi connectivity index (χ4v) is 2.41. The molecule has 1 heterocycles. The number of hydrogen-bond donors (Lipinski definition) is 1. The minimum Gasteiger partial charge on any atom is -0.380 e. The average Bonchev–Trinajstić information content (AvgIpc) is 2.38. The summed E-state index contributed by atoms with van der Waals surface area (Å²) in [4.78, 5) is 11.8. The van der Waals surface area contributed by atoms with Crippen molar-refractivity contribution in [3.63, 3.8) is 0 Å². The van der Waals surface area contributed by atoms with E-state index in [9.17, 15) is 18.0 Å². The minimum atomic E-state index is -4.52. The summed E-state index contributed by atoms with van der Waals surface area (Å²) in [7, 11) is 0. The third-order valence-electron chi connectivity index (χ3n) is 3.45. The van der Waals surface area contributed by atoms with Gasteiger partial charge in [-0.1, -0.05) is 38.3 Å². The molecular formula is C13H19ClF3N3O. The normalized spacial score (nSPS) is 13.5. The van der Waals surface area contributed by atoms with Gasteiger partial charge in [-0.2, -0.15) is 18.3 Å². The van der Waals surface area contributed by atoms with Crippen molar-refractivity contribution in [1.82, 2.24) is 9.78 Å². The molecule has 0 aromatic carbocycles. The number of halogens is 4. The van der Waals surface area contributed by atoms with E-state index in [-0.39, 0.29) is 16.8 Å². The molecule has 1 unspecified atom stereocenters. The molecule has 1 aromatic heterocycles. The lowest BCUT2D eigenvalue weighted by Crippen LogP contribution is -2.32. The van der Waals surface area contributed by atoms with E-state index >= 15 is 0 Å². The summed E-state index contributed by atoms with van der Waals surface area (Å²) in [6, 6.07) is 0.0390. The Balaban J connectivity index is 2.97. The van der Waals surface area contributed by atoms with Crippen molar-refractivity contribution in [2.24, 2.45) is 5.92 Å². The molecule has 0 spiro atoms. The van der Waals surface area contributed by atoms with Gasteiger partial charge in [0.05, 0.1) is 11.9 Å². The fourth-order valence-electron chi connectivity index (χ4n) is 2.21. The zero-order chi connectivity index (χ0) is 16.2. The molecule has 0 amide bonds. The molecule has 0 aliphatic heterocycles. The summed E-state index contributed by atoms with van der Waals surface area (Å²) in [5.74, 6) is 0.374. The van der Waals surface area contributed by atoms with Crippen molar-refractivity contribution in [3.8, 4) is 0 Å². The zero-order valence-corrected chi connectivity index (χ0v) is 12.9. The Kier molecular flexibility index (Phi) is 6.07. The zero-order valence-electron chi connectivity index (χ0n) is 12.2. The molecule has 120 valence electrons. The molecule has 4 nitrogen and oxygen atoms in total. The maximum Gasteiger partial charge on any atom is 0.408 e. The lowest BCUT2D eigenvalue weighted by Gasteiger charge is -2.24. The summed E-state index contributed by atoms with van der Waals surface area (Å²) >= 11 is 5.86. The molecule has 1 N–H and O–H groups in total. The molecule has 0 aliphatic carbocycles. The van der Waals surface area contributed by atoms with E-state index in [0.717, 1.165) is 19.0 Å². The number of nitrogens with one attached hydrogen (secondary N) is 1. The third kappa shape index (κ3) is 4.91. The Bertz CT molecular complexity index is 526. The van der Waals surface area contributed by atoms with Gasteiger partial charge in [0.15, 0.2) is 0 Å². The van der Waals surface area contributed by atoms with E-state index in [1.54, 1.807) is 0 Å². The molecular weight excluding hydrogens is 307 g/mol. The van der Waals surface area contributed by atoms with Crippen LogP contribution < -0.4 is 10.9 Å². The first-order valence-corrected chi connectivity index (χ1v) is 7.16. The van der Waals surface area contributed by atoms with Gasteiger partial charge in [0.1, 0.15) is 11.6 Å². The van der Waals surface area contributed by atoms with Crippen molar-refractivity contribution in [3.05, 3.63) is 21.6 Å². The third-order valence-corrected chi connectivity index (χ3v) is 3.82. The number of aromatic nitrogens is 2. The summed E-state index contributed by atoms with van der Waals surface area (Å²) in [5, 5.41) is 6.31. The van der Waals surface area contributed by atoms with Crippen LogP contribution in [0.5, 0.6) is 0 Å². The first kappa shape index (κ1) is 17.8. The van der Waals surface area contributed by atoms with Crippen LogP contribution in [0, 0.1) is 5.92 Å². The Morgan fingerprint density at radius 2 is 1.95 bits per heavy atom. The largest absolute Gasteiger partial charge is 0.408 e. The predicted octanol–water partition coefficient (Wildman–Crippen LogP) is 3.70. The van der Waals surface area contributed by atoms with Crippen molar-refractivity contribution < 1.29 is 13.2 Å². The standard InChI is InChI=1S/C13H19ClF3N3O/c1-4-9(5-2)8(3)19-10-6-18-20(7-13(15,16)17)12(21)11(10)14/h6,8-9,19H,4-5,7H2,1-3H3. The SMILES string of the molecule is CCC(CC)C(C)Nc1cnn(CC(F)(F)F)c(=O)c1Cl. The first-order valence-electron chi connectivity index (χ1n) is 6.78. The molecule has 0 saturated heterocycles. The lowest BCUT2D eigenvalue weighted by molar-refractivity contribution is -0.143. The maximum atomic E-state index is 12.3. The Morgan fingerprint density at radius 1 is 1.38 bits per heavy atom. The quantitative estimate of drug-likeness (QED) is 0.867. The summed E-state index contributed by atoms with van der Waals surface area (Å²) < 4.78 is 37.2. The van der Waals surface area contributed by atoms with Gasteiger partial charge in [-0.25, -0.2) is 4.68 Å². The Labute approximate surface area is 126 Å². The summed E-state index contributed by atoms with van der Waals surface area (Å²) in [5.41, 5.74) is -0.685. The predicted molar refractivity (Wildman–Crippen MR) is 76.7 cm³/mol. The van der Waals surface area contributed by atoms with Crippen LogP contribution in [0.15, 0.2) is 11.0 Å². The van der Waals surface area contributed by atoms with E-state index in [2.05, 4.69) is 10.4 Å². The van der Waals surface area contributed by atoms with Gasteiger partial charge in [-0.3, -0.25) is 4.79 Å². The lowest BCUT2D eigenvalue weighted by atomic mass is 9.95. The van der Waals surface area contributed by atoms with Gasteiger partial charge in [-0.05, 0) is 12.8 Å². The Morgan fingerprint density at radius 3 is 2.43 bits per heavy atom. The Hall–Kier alpha value is -1.24.